The van der Waals surface area contributed by atoms with Crippen LogP contribution in [0, 0.1) is 5.92 Å². The molecule has 2 aromatic rings. The van der Waals surface area contributed by atoms with Crippen molar-refractivity contribution >= 4 is 40.5 Å². The molecule has 1 aliphatic carbocycles. The van der Waals surface area contributed by atoms with Gasteiger partial charge in [0.2, 0.25) is 0 Å². The molecular weight excluding hydrogens is 422 g/mol. The van der Waals surface area contributed by atoms with Gasteiger partial charge in [-0.2, -0.15) is 0 Å². The van der Waals surface area contributed by atoms with Gasteiger partial charge in [-0.1, -0.05) is 43.0 Å². The minimum Gasteiger partial charge on any atom is -0.477 e. The zero-order valence-electron chi connectivity index (χ0n) is 17.2. The predicted octanol–water partition coefficient (Wildman–Crippen LogP) is 5.86. The van der Waals surface area contributed by atoms with Crippen molar-refractivity contribution in [2.75, 3.05) is 11.5 Å². The van der Waals surface area contributed by atoms with E-state index in [0.717, 1.165) is 36.1 Å². The van der Waals surface area contributed by atoms with Crippen LogP contribution in [0.15, 0.2) is 30.3 Å². The number of rotatable bonds is 4. The largest absolute Gasteiger partial charge is 0.477 e. The number of thiophene rings is 1. The molecule has 7 heteroatoms. The summed E-state index contributed by atoms with van der Waals surface area (Å²) in [6.45, 7) is 3.94. The van der Waals surface area contributed by atoms with Crippen LogP contribution in [-0.2, 0) is 9.53 Å². The van der Waals surface area contributed by atoms with Crippen molar-refractivity contribution < 1.29 is 19.4 Å². The molecule has 1 unspecified atom stereocenters. The van der Waals surface area contributed by atoms with E-state index in [-0.39, 0.29) is 16.8 Å². The van der Waals surface area contributed by atoms with Crippen LogP contribution >= 0.6 is 22.9 Å². The lowest BCUT2D eigenvalue weighted by atomic mass is 9.82. The zero-order chi connectivity index (χ0) is 21.5. The number of carbonyl (C=O) groups excluding carboxylic acids is 1. The van der Waals surface area contributed by atoms with E-state index in [1.165, 1.54) is 17.8 Å². The Morgan fingerprint density at radius 2 is 1.87 bits per heavy atom. The molecule has 1 saturated heterocycles. The van der Waals surface area contributed by atoms with E-state index in [9.17, 15) is 14.7 Å². The number of amides is 1. The van der Waals surface area contributed by atoms with Gasteiger partial charge < -0.3 is 14.7 Å². The number of carbonyl (C=O) groups is 2. The maximum Gasteiger partial charge on any atom is 0.348 e. The summed E-state index contributed by atoms with van der Waals surface area (Å²) in [5, 5.41) is 10.6. The summed E-state index contributed by atoms with van der Waals surface area (Å²) in [5.41, 5.74) is 0.380. The Kier molecular flexibility index (Phi) is 5.93. The van der Waals surface area contributed by atoms with Crippen LogP contribution in [0.5, 0.6) is 0 Å². The molecule has 30 heavy (non-hydrogen) atoms. The Labute approximate surface area is 185 Å². The molecule has 4 rings (SSSR count). The third kappa shape index (κ3) is 4.01. The number of anilines is 1. The van der Waals surface area contributed by atoms with Crippen molar-refractivity contribution in [2.45, 2.75) is 57.6 Å². The summed E-state index contributed by atoms with van der Waals surface area (Å²) in [4.78, 5) is 28.3. The third-order valence-electron chi connectivity index (χ3n) is 6.17. The monoisotopic (exact) mass is 447 g/mol. The fraction of sp³-hybridized carbons (Fsp3) is 0.478. The molecular formula is C23H26ClNO4S. The lowest BCUT2D eigenvalue weighted by molar-refractivity contribution is -0.149. The van der Waals surface area contributed by atoms with E-state index < -0.39 is 11.6 Å². The number of morpholine rings is 1. The first kappa shape index (κ1) is 21.3. The first-order valence-electron chi connectivity index (χ1n) is 10.4. The highest BCUT2D eigenvalue weighted by Gasteiger charge is 2.46. The van der Waals surface area contributed by atoms with Crippen LogP contribution < -0.4 is 4.90 Å². The fourth-order valence-electron chi connectivity index (χ4n) is 4.49. The quantitative estimate of drug-likeness (QED) is 0.637. The molecule has 5 nitrogen and oxygen atoms in total. The SMILES string of the molecule is CC1(C)OCC(C2CCCCC2)N(c2cc(-c3ccc(Cl)cc3)sc2C(=O)O)C1=O. The van der Waals surface area contributed by atoms with Gasteiger partial charge in [-0.25, -0.2) is 4.79 Å². The summed E-state index contributed by atoms with van der Waals surface area (Å²) in [7, 11) is 0. The fourth-order valence-corrected chi connectivity index (χ4v) is 5.61. The summed E-state index contributed by atoms with van der Waals surface area (Å²) < 4.78 is 5.95. The third-order valence-corrected chi connectivity index (χ3v) is 7.58. The normalized spacial score (nSPS) is 22.3. The van der Waals surface area contributed by atoms with Gasteiger partial charge in [0.25, 0.3) is 5.91 Å². The number of aromatic carboxylic acids is 1. The molecule has 1 atom stereocenters. The van der Waals surface area contributed by atoms with Crippen LogP contribution in [0.1, 0.15) is 55.6 Å². The number of nitrogens with zero attached hydrogens (tertiary/aromatic N) is 1. The Balaban J connectivity index is 1.80. The summed E-state index contributed by atoms with van der Waals surface area (Å²) in [6.07, 6.45) is 5.56. The first-order chi connectivity index (χ1) is 14.3. The summed E-state index contributed by atoms with van der Waals surface area (Å²) in [6, 6.07) is 9.00. The van der Waals surface area contributed by atoms with E-state index in [2.05, 4.69) is 0 Å². The standard InChI is InChI=1S/C23H26ClNO4S/c1-23(2)22(28)25(18(13-29-23)14-6-4-3-5-7-14)17-12-19(30-20(17)21(26)27)15-8-10-16(24)11-9-15/h8-12,14,18H,3-7,13H2,1-2H3,(H,26,27). The van der Waals surface area contributed by atoms with E-state index in [1.807, 2.05) is 18.2 Å². The van der Waals surface area contributed by atoms with Crippen molar-refractivity contribution in [1.82, 2.24) is 0 Å². The first-order valence-corrected chi connectivity index (χ1v) is 11.6. The molecule has 160 valence electrons. The number of hydrogen-bond donors (Lipinski definition) is 1. The lowest BCUT2D eigenvalue weighted by Gasteiger charge is -2.46. The van der Waals surface area contributed by atoms with E-state index >= 15 is 0 Å². The number of ether oxygens (including phenoxy) is 1. The van der Waals surface area contributed by atoms with Crippen molar-refractivity contribution in [1.29, 1.82) is 0 Å². The maximum atomic E-state index is 13.5. The predicted molar refractivity (Wildman–Crippen MR) is 120 cm³/mol. The topological polar surface area (TPSA) is 66.8 Å². The number of benzene rings is 1. The number of carboxylic acid groups (broad SMARTS) is 1. The van der Waals surface area contributed by atoms with Gasteiger partial charge in [0.15, 0.2) is 0 Å². The maximum absolute atomic E-state index is 13.5. The Hall–Kier alpha value is -1.89. The molecule has 2 aliphatic rings. The smallest absolute Gasteiger partial charge is 0.348 e. The van der Waals surface area contributed by atoms with Crippen molar-refractivity contribution in [2.24, 2.45) is 5.92 Å². The average molecular weight is 448 g/mol. The molecule has 2 heterocycles. The zero-order valence-corrected chi connectivity index (χ0v) is 18.8. The van der Waals surface area contributed by atoms with Crippen LogP contribution in [0.4, 0.5) is 5.69 Å². The molecule has 1 aliphatic heterocycles. The second-order valence-corrected chi connectivity index (χ2v) is 10.1. The van der Waals surface area contributed by atoms with Gasteiger partial charge in [0.05, 0.1) is 18.3 Å². The van der Waals surface area contributed by atoms with E-state index in [0.29, 0.717) is 23.2 Å². The van der Waals surface area contributed by atoms with E-state index in [1.54, 1.807) is 30.9 Å². The van der Waals surface area contributed by atoms with Gasteiger partial charge in [0.1, 0.15) is 10.5 Å². The minimum atomic E-state index is -1.02. The second kappa shape index (κ2) is 8.33. The molecule has 0 spiro atoms. The Bertz CT molecular complexity index is 947. The highest BCUT2D eigenvalue weighted by Crippen LogP contribution is 2.43. The van der Waals surface area contributed by atoms with Gasteiger partial charge >= 0.3 is 5.97 Å². The van der Waals surface area contributed by atoms with Gasteiger partial charge in [-0.15, -0.1) is 11.3 Å². The number of carboxylic acids is 1. The van der Waals surface area contributed by atoms with Crippen LogP contribution in [0.3, 0.4) is 0 Å². The lowest BCUT2D eigenvalue weighted by Crippen LogP contribution is -2.61. The summed E-state index contributed by atoms with van der Waals surface area (Å²) >= 11 is 7.20. The molecule has 1 aromatic carbocycles. The Morgan fingerprint density at radius 3 is 2.50 bits per heavy atom. The molecule has 0 radical (unpaired) electrons. The molecule has 1 amide bonds. The van der Waals surface area contributed by atoms with E-state index in [4.69, 9.17) is 16.3 Å². The highest BCUT2D eigenvalue weighted by atomic mass is 35.5. The average Bonchev–Trinajstić information content (AvgIpc) is 3.16. The number of hydrogen-bond acceptors (Lipinski definition) is 4. The van der Waals surface area contributed by atoms with Crippen molar-refractivity contribution in [3.05, 3.63) is 40.2 Å². The second-order valence-electron chi connectivity index (χ2n) is 8.60. The minimum absolute atomic E-state index is 0.142. The van der Waals surface area contributed by atoms with Crippen molar-refractivity contribution in [3.8, 4) is 10.4 Å². The molecule has 2 fully saturated rings. The molecule has 0 bridgehead atoms. The summed E-state index contributed by atoms with van der Waals surface area (Å²) in [5.74, 6) is -0.874. The molecule has 1 N–H and O–H groups in total. The van der Waals surface area contributed by atoms with Crippen LogP contribution in [0.2, 0.25) is 5.02 Å². The van der Waals surface area contributed by atoms with Crippen LogP contribution in [-0.4, -0.2) is 35.2 Å². The van der Waals surface area contributed by atoms with Gasteiger partial charge in [0, 0.05) is 9.90 Å². The number of halogens is 1. The Morgan fingerprint density at radius 1 is 1.20 bits per heavy atom. The van der Waals surface area contributed by atoms with Gasteiger partial charge in [-0.05, 0) is 56.4 Å². The van der Waals surface area contributed by atoms with Crippen LogP contribution in [0.25, 0.3) is 10.4 Å². The van der Waals surface area contributed by atoms with Crippen molar-refractivity contribution in [3.63, 3.8) is 0 Å². The molecule has 1 aromatic heterocycles. The molecule has 1 saturated carbocycles. The van der Waals surface area contributed by atoms with Gasteiger partial charge in [-0.3, -0.25) is 4.79 Å². The highest BCUT2D eigenvalue weighted by molar-refractivity contribution is 7.18.